The molecule has 0 unspecified atom stereocenters. The molecule has 2 N–H and O–H groups in total. The van der Waals surface area contributed by atoms with E-state index in [1.807, 2.05) is 13.0 Å². The number of hydrogen-bond acceptors (Lipinski definition) is 3. The standard InChI is InChI=1S/C16H26N2O2/c1-11(2)18(12(3)4)9-8-17-15-7-6-14(16(19)20)10-13(15)5/h6-7,10-12,17H,8-9H2,1-5H3,(H,19,20). The van der Waals surface area contributed by atoms with Gasteiger partial charge in [-0.2, -0.15) is 0 Å². The lowest BCUT2D eigenvalue weighted by atomic mass is 10.1. The largest absolute Gasteiger partial charge is 0.478 e. The average Bonchev–Trinajstić information content (AvgIpc) is 2.34. The highest BCUT2D eigenvalue weighted by Gasteiger charge is 2.12. The van der Waals surface area contributed by atoms with Gasteiger partial charge in [-0.15, -0.1) is 0 Å². The highest BCUT2D eigenvalue weighted by molar-refractivity contribution is 5.88. The van der Waals surface area contributed by atoms with Crippen molar-refractivity contribution >= 4 is 11.7 Å². The number of nitrogens with one attached hydrogen (secondary N) is 1. The summed E-state index contributed by atoms with van der Waals surface area (Å²) in [6.45, 7) is 12.6. The van der Waals surface area contributed by atoms with E-state index in [4.69, 9.17) is 5.11 Å². The maximum absolute atomic E-state index is 10.9. The molecule has 1 aromatic carbocycles. The van der Waals surface area contributed by atoms with Gasteiger partial charge in [0.1, 0.15) is 0 Å². The zero-order valence-corrected chi connectivity index (χ0v) is 13.1. The van der Waals surface area contributed by atoms with Crippen molar-refractivity contribution in [3.05, 3.63) is 29.3 Å². The Hall–Kier alpha value is -1.55. The maximum Gasteiger partial charge on any atom is 0.335 e. The van der Waals surface area contributed by atoms with Gasteiger partial charge in [0, 0.05) is 30.9 Å². The SMILES string of the molecule is Cc1cc(C(=O)O)ccc1NCCN(C(C)C)C(C)C. The molecule has 1 aromatic rings. The molecule has 0 amide bonds. The predicted octanol–water partition coefficient (Wildman–Crippen LogP) is 3.22. The highest BCUT2D eigenvalue weighted by atomic mass is 16.4. The summed E-state index contributed by atoms with van der Waals surface area (Å²) in [4.78, 5) is 13.3. The topological polar surface area (TPSA) is 52.6 Å². The third kappa shape index (κ3) is 4.53. The monoisotopic (exact) mass is 278 g/mol. The number of nitrogens with zero attached hydrogens (tertiary/aromatic N) is 1. The first kappa shape index (κ1) is 16.5. The van der Waals surface area contributed by atoms with Gasteiger partial charge in [0.2, 0.25) is 0 Å². The zero-order valence-electron chi connectivity index (χ0n) is 13.1. The van der Waals surface area contributed by atoms with Crippen molar-refractivity contribution in [2.45, 2.75) is 46.7 Å². The van der Waals surface area contributed by atoms with Gasteiger partial charge in [-0.25, -0.2) is 4.79 Å². The van der Waals surface area contributed by atoms with Crippen molar-refractivity contribution in [1.82, 2.24) is 4.90 Å². The molecule has 0 aliphatic rings. The highest BCUT2D eigenvalue weighted by Crippen LogP contribution is 2.16. The number of carbonyl (C=O) groups is 1. The Balaban J connectivity index is 2.60. The van der Waals surface area contributed by atoms with Crippen LogP contribution >= 0.6 is 0 Å². The van der Waals surface area contributed by atoms with Crippen molar-refractivity contribution in [2.24, 2.45) is 0 Å². The van der Waals surface area contributed by atoms with Crippen LogP contribution in [0.15, 0.2) is 18.2 Å². The lowest BCUT2D eigenvalue weighted by Crippen LogP contribution is -2.40. The molecule has 0 spiro atoms. The molecule has 0 fully saturated rings. The minimum absolute atomic E-state index is 0.332. The Bertz CT molecular complexity index is 448. The molecular weight excluding hydrogens is 252 g/mol. The van der Waals surface area contributed by atoms with Crippen LogP contribution in [0, 0.1) is 6.92 Å². The van der Waals surface area contributed by atoms with Crippen LogP contribution in [0.4, 0.5) is 5.69 Å². The first-order chi connectivity index (χ1) is 9.32. The number of benzene rings is 1. The van der Waals surface area contributed by atoms with Crippen LogP contribution in [0.25, 0.3) is 0 Å². The Morgan fingerprint density at radius 3 is 2.30 bits per heavy atom. The molecule has 0 radical (unpaired) electrons. The van der Waals surface area contributed by atoms with Crippen LogP contribution in [0.5, 0.6) is 0 Å². The molecule has 0 bridgehead atoms. The summed E-state index contributed by atoms with van der Waals surface area (Å²) in [5.41, 5.74) is 2.30. The second-order valence-corrected chi connectivity index (χ2v) is 5.69. The van der Waals surface area contributed by atoms with E-state index < -0.39 is 5.97 Å². The van der Waals surface area contributed by atoms with Crippen molar-refractivity contribution in [3.8, 4) is 0 Å². The van der Waals surface area contributed by atoms with E-state index in [1.54, 1.807) is 12.1 Å². The molecule has 0 aliphatic heterocycles. The number of carboxylic acids is 1. The number of aryl methyl sites for hydroxylation is 1. The van der Waals surface area contributed by atoms with E-state index in [2.05, 4.69) is 37.9 Å². The number of rotatable bonds is 7. The van der Waals surface area contributed by atoms with Gasteiger partial charge in [0.15, 0.2) is 0 Å². The second kappa shape index (κ2) is 7.29. The van der Waals surface area contributed by atoms with E-state index in [-0.39, 0.29) is 0 Å². The number of anilines is 1. The molecule has 112 valence electrons. The average molecular weight is 278 g/mol. The minimum Gasteiger partial charge on any atom is -0.478 e. The van der Waals surface area contributed by atoms with Gasteiger partial charge in [-0.3, -0.25) is 4.90 Å². The van der Waals surface area contributed by atoms with E-state index in [0.717, 1.165) is 24.3 Å². The third-order valence-electron chi connectivity index (χ3n) is 3.49. The van der Waals surface area contributed by atoms with E-state index in [0.29, 0.717) is 17.6 Å². The quantitative estimate of drug-likeness (QED) is 0.804. The van der Waals surface area contributed by atoms with Crippen molar-refractivity contribution in [1.29, 1.82) is 0 Å². The molecule has 0 aliphatic carbocycles. The van der Waals surface area contributed by atoms with Gasteiger partial charge in [-0.1, -0.05) is 0 Å². The Morgan fingerprint density at radius 1 is 1.25 bits per heavy atom. The van der Waals surface area contributed by atoms with Crippen LogP contribution in [0.3, 0.4) is 0 Å². The molecule has 0 heterocycles. The Kier molecular flexibility index (Phi) is 6.02. The van der Waals surface area contributed by atoms with Crippen molar-refractivity contribution < 1.29 is 9.90 Å². The van der Waals surface area contributed by atoms with E-state index in [1.165, 1.54) is 0 Å². The van der Waals surface area contributed by atoms with Crippen LogP contribution in [-0.4, -0.2) is 41.1 Å². The zero-order chi connectivity index (χ0) is 15.3. The predicted molar refractivity (Wildman–Crippen MR) is 83.6 cm³/mol. The normalized spacial score (nSPS) is 11.4. The van der Waals surface area contributed by atoms with Crippen molar-refractivity contribution in [3.63, 3.8) is 0 Å². The first-order valence-electron chi connectivity index (χ1n) is 7.16. The first-order valence-corrected chi connectivity index (χ1v) is 7.16. The summed E-state index contributed by atoms with van der Waals surface area (Å²) >= 11 is 0. The fraction of sp³-hybridized carbons (Fsp3) is 0.562. The molecule has 20 heavy (non-hydrogen) atoms. The van der Waals surface area contributed by atoms with Gasteiger partial charge in [0.05, 0.1) is 5.56 Å². The lowest BCUT2D eigenvalue weighted by molar-refractivity contribution is 0.0697. The van der Waals surface area contributed by atoms with Crippen LogP contribution in [-0.2, 0) is 0 Å². The van der Waals surface area contributed by atoms with Crippen LogP contribution in [0.1, 0.15) is 43.6 Å². The second-order valence-electron chi connectivity index (χ2n) is 5.69. The Labute approximate surface area is 121 Å². The summed E-state index contributed by atoms with van der Waals surface area (Å²) in [6.07, 6.45) is 0. The molecule has 0 aromatic heterocycles. The summed E-state index contributed by atoms with van der Waals surface area (Å²) in [5.74, 6) is -0.884. The number of carboxylic acid groups (broad SMARTS) is 1. The summed E-state index contributed by atoms with van der Waals surface area (Å²) in [6, 6.07) is 6.22. The fourth-order valence-electron chi connectivity index (χ4n) is 2.43. The molecule has 0 atom stereocenters. The summed E-state index contributed by atoms with van der Waals surface area (Å²) < 4.78 is 0. The molecule has 0 saturated carbocycles. The fourth-order valence-corrected chi connectivity index (χ4v) is 2.43. The van der Waals surface area contributed by atoms with Crippen LogP contribution < -0.4 is 5.32 Å². The summed E-state index contributed by atoms with van der Waals surface area (Å²) in [7, 11) is 0. The number of aromatic carboxylic acids is 1. The smallest absolute Gasteiger partial charge is 0.335 e. The molecule has 4 nitrogen and oxygen atoms in total. The molecular formula is C16H26N2O2. The molecule has 0 saturated heterocycles. The minimum atomic E-state index is -0.884. The Morgan fingerprint density at radius 2 is 1.85 bits per heavy atom. The molecule has 4 heteroatoms. The van der Waals surface area contributed by atoms with Gasteiger partial charge in [0.25, 0.3) is 0 Å². The van der Waals surface area contributed by atoms with Gasteiger partial charge in [-0.05, 0) is 58.4 Å². The van der Waals surface area contributed by atoms with E-state index in [9.17, 15) is 4.79 Å². The summed E-state index contributed by atoms with van der Waals surface area (Å²) in [5, 5.41) is 12.3. The van der Waals surface area contributed by atoms with Gasteiger partial charge < -0.3 is 10.4 Å². The van der Waals surface area contributed by atoms with E-state index >= 15 is 0 Å². The lowest BCUT2D eigenvalue weighted by Gasteiger charge is -2.30. The van der Waals surface area contributed by atoms with Gasteiger partial charge >= 0.3 is 5.97 Å². The van der Waals surface area contributed by atoms with Crippen molar-refractivity contribution in [2.75, 3.05) is 18.4 Å². The maximum atomic E-state index is 10.9. The number of hydrogen-bond donors (Lipinski definition) is 2. The third-order valence-corrected chi connectivity index (χ3v) is 3.49. The van der Waals surface area contributed by atoms with Crippen LogP contribution in [0.2, 0.25) is 0 Å². The molecule has 1 rings (SSSR count).